The van der Waals surface area contributed by atoms with Crippen molar-refractivity contribution in [2.45, 2.75) is 58.3 Å². The van der Waals surface area contributed by atoms with Crippen molar-refractivity contribution in [2.75, 3.05) is 27.4 Å². The molecule has 0 unspecified atom stereocenters. The summed E-state index contributed by atoms with van der Waals surface area (Å²) in [4.78, 5) is 0. The maximum atomic E-state index is 5.42. The van der Waals surface area contributed by atoms with E-state index in [2.05, 4.69) is 6.92 Å². The van der Waals surface area contributed by atoms with Crippen LogP contribution in [0.2, 0.25) is 0 Å². The summed E-state index contributed by atoms with van der Waals surface area (Å²) in [6.45, 7) is 4.00. The summed E-state index contributed by atoms with van der Waals surface area (Å²) < 4.78 is 10.8. The summed E-state index contributed by atoms with van der Waals surface area (Å²) in [5.74, 6) is 0.594. The standard InChI is InChI=1S/C15H30O2/c1-4-5-6-9-15(10-7-8-11-15)14(12-16-2)13-17-3/h14H,4-13H2,1-3H3. The highest BCUT2D eigenvalue weighted by molar-refractivity contribution is 4.90. The van der Waals surface area contributed by atoms with Crippen LogP contribution in [-0.4, -0.2) is 27.4 Å². The molecule has 1 rings (SSSR count). The monoisotopic (exact) mass is 242 g/mol. The molecule has 2 nitrogen and oxygen atoms in total. The first-order valence-electron chi connectivity index (χ1n) is 7.27. The van der Waals surface area contributed by atoms with Crippen molar-refractivity contribution in [3.05, 3.63) is 0 Å². The minimum Gasteiger partial charge on any atom is -0.384 e. The Kier molecular flexibility index (Phi) is 7.14. The normalized spacial score (nSPS) is 19.1. The van der Waals surface area contributed by atoms with E-state index in [1.54, 1.807) is 0 Å². The predicted molar refractivity (Wildman–Crippen MR) is 72.3 cm³/mol. The molecule has 1 saturated carbocycles. The second kappa shape index (κ2) is 8.10. The van der Waals surface area contributed by atoms with Crippen LogP contribution in [0.1, 0.15) is 58.3 Å². The molecule has 17 heavy (non-hydrogen) atoms. The van der Waals surface area contributed by atoms with Gasteiger partial charge in [0, 0.05) is 20.1 Å². The smallest absolute Gasteiger partial charge is 0.0517 e. The zero-order valence-electron chi connectivity index (χ0n) is 12.0. The molecule has 0 radical (unpaired) electrons. The third kappa shape index (κ3) is 4.26. The second-order valence-corrected chi connectivity index (χ2v) is 5.63. The van der Waals surface area contributed by atoms with Crippen molar-refractivity contribution in [2.24, 2.45) is 11.3 Å². The summed E-state index contributed by atoms with van der Waals surface area (Å²) in [6.07, 6.45) is 11.0. The Labute approximate surface area is 107 Å². The van der Waals surface area contributed by atoms with Gasteiger partial charge in [-0.3, -0.25) is 0 Å². The number of ether oxygens (including phenoxy) is 2. The molecule has 2 heteroatoms. The topological polar surface area (TPSA) is 18.5 Å². The molecule has 0 aromatic carbocycles. The second-order valence-electron chi connectivity index (χ2n) is 5.63. The van der Waals surface area contributed by atoms with Crippen LogP contribution in [0.4, 0.5) is 0 Å². The van der Waals surface area contributed by atoms with Gasteiger partial charge in [0.2, 0.25) is 0 Å². The summed E-state index contributed by atoms with van der Waals surface area (Å²) in [5.41, 5.74) is 0.515. The molecule has 0 aromatic heterocycles. The lowest BCUT2D eigenvalue weighted by Gasteiger charge is -2.37. The summed E-state index contributed by atoms with van der Waals surface area (Å²) in [5, 5.41) is 0. The van der Waals surface area contributed by atoms with Gasteiger partial charge in [0.15, 0.2) is 0 Å². The first-order valence-corrected chi connectivity index (χ1v) is 7.27. The lowest BCUT2D eigenvalue weighted by atomic mass is 9.71. The van der Waals surface area contributed by atoms with Gasteiger partial charge in [0.1, 0.15) is 0 Å². The Balaban J connectivity index is 2.58. The maximum absolute atomic E-state index is 5.42. The summed E-state index contributed by atoms with van der Waals surface area (Å²) in [7, 11) is 3.63. The Bertz CT molecular complexity index is 179. The summed E-state index contributed by atoms with van der Waals surface area (Å²) in [6, 6.07) is 0. The molecule has 0 N–H and O–H groups in total. The van der Waals surface area contributed by atoms with Crippen molar-refractivity contribution >= 4 is 0 Å². The van der Waals surface area contributed by atoms with E-state index in [-0.39, 0.29) is 0 Å². The van der Waals surface area contributed by atoms with Gasteiger partial charge in [-0.1, -0.05) is 39.0 Å². The molecule has 0 aromatic rings. The zero-order chi connectivity index (χ0) is 12.6. The first-order chi connectivity index (χ1) is 8.29. The molecule has 0 aliphatic heterocycles. The van der Waals surface area contributed by atoms with Gasteiger partial charge >= 0.3 is 0 Å². The lowest BCUT2D eigenvalue weighted by molar-refractivity contribution is 0.00148. The minimum absolute atomic E-state index is 0.515. The van der Waals surface area contributed by atoms with E-state index in [0.29, 0.717) is 11.3 Å². The number of rotatable bonds is 9. The van der Waals surface area contributed by atoms with Crippen molar-refractivity contribution in [1.82, 2.24) is 0 Å². The third-order valence-electron chi connectivity index (χ3n) is 4.48. The average Bonchev–Trinajstić information content (AvgIpc) is 2.79. The van der Waals surface area contributed by atoms with Crippen molar-refractivity contribution in [1.29, 1.82) is 0 Å². The van der Waals surface area contributed by atoms with E-state index < -0.39 is 0 Å². The largest absolute Gasteiger partial charge is 0.384 e. The van der Waals surface area contributed by atoms with Crippen LogP contribution in [0, 0.1) is 11.3 Å². The predicted octanol–water partition coefficient (Wildman–Crippen LogP) is 4.04. The van der Waals surface area contributed by atoms with Crippen LogP contribution < -0.4 is 0 Å². The molecule has 1 aliphatic carbocycles. The van der Waals surface area contributed by atoms with Gasteiger partial charge in [-0.25, -0.2) is 0 Å². The zero-order valence-corrected chi connectivity index (χ0v) is 12.0. The molecule has 0 amide bonds. The fourth-order valence-corrected chi connectivity index (χ4v) is 3.47. The van der Waals surface area contributed by atoms with Crippen LogP contribution >= 0.6 is 0 Å². The van der Waals surface area contributed by atoms with E-state index in [9.17, 15) is 0 Å². The number of methoxy groups -OCH3 is 2. The van der Waals surface area contributed by atoms with Crippen LogP contribution in [0.15, 0.2) is 0 Å². The van der Waals surface area contributed by atoms with Gasteiger partial charge in [-0.05, 0) is 24.7 Å². The van der Waals surface area contributed by atoms with Crippen LogP contribution in [0.3, 0.4) is 0 Å². The van der Waals surface area contributed by atoms with E-state index >= 15 is 0 Å². The highest BCUT2D eigenvalue weighted by Gasteiger charge is 2.40. The molecule has 0 spiro atoms. The molecule has 102 valence electrons. The van der Waals surface area contributed by atoms with Crippen molar-refractivity contribution in [3.63, 3.8) is 0 Å². The van der Waals surface area contributed by atoms with Crippen molar-refractivity contribution < 1.29 is 9.47 Å². The van der Waals surface area contributed by atoms with Crippen LogP contribution in [0.5, 0.6) is 0 Å². The minimum atomic E-state index is 0.515. The molecule has 0 atom stereocenters. The fraction of sp³-hybridized carbons (Fsp3) is 1.00. The Morgan fingerprint density at radius 1 is 1.00 bits per heavy atom. The molecule has 1 aliphatic rings. The quantitative estimate of drug-likeness (QED) is 0.568. The molecule has 0 saturated heterocycles. The van der Waals surface area contributed by atoms with E-state index in [1.807, 2.05) is 14.2 Å². The number of hydrogen-bond donors (Lipinski definition) is 0. The van der Waals surface area contributed by atoms with Gasteiger partial charge < -0.3 is 9.47 Å². The highest BCUT2D eigenvalue weighted by atomic mass is 16.5. The van der Waals surface area contributed by atoms with Crippen LogP contribution in [-0.2, 0) is 9.47 Å². The number of unbranched alkanes of at least 4 members (excludes halogenated alkanes) is 2. The molecule has 0 bridgehead atoms. The maximum Gasteiger partial charge on any atom is 0.0517 e. The Morgan fingerprint density at radius 3 is 2.06 bits per heavy atom. The van der Waals surface area contributed by atoms with Gasteiger partial charge in [0.05, 0.1) is 13.2 Å². The average molecular weight is 242 g/mol. The molecule has 1 fully saturated rings. The van der Waals surface area contributed by atoms with Gasteiger partial charge in [0.25, 0.3) is 0 Å². The van der Waals surface area contributed by atoms with E-state index in [0.717, 1.165) is 13.2 Å². The SMILES string of the molecule is CCCCCC1(C(COC)COC)CCCC1. The first kappa shape index (κ1) is 15.0. The molecule has 0 heterocycles. The lowest BCUT2D eigenvalue weighted by Crippen LogP contribution is -2.34. The van der Waals surface area contributed by atoms with E-state index in [1.165, 1.54) is 51.4 Å². The molecular weight excluding hydrogens is 212 g/mol. The van der Waals surface area contributed by atoms with Gasteiger partial charge in [-0.15, -0.1) is 0 Å². The third-order valence-corrected chi connectivity index (χ3v) is 4.48. The fourth-order valence-electron chi connectivity index (χ4n) is 3.47. The highest BCUT2D eigenvalue weighted by Crippen LogP contribution is 2.48. The summed E-state index contributed by atoms with van der Waals surface area (Å²) >= 11 is 0. The molecular formula is C15H30O2. The van der Waals surface area contributed by atoms with Gasteiger partial charge in [-0.2, -0.15) is 0 Å². The van der Waals surface area contributed by atoms with Crippen LogP contribution in [0.25, 0.3) is 0 Å². The number of hydrogen-bond acceptors (Lipinski definition) is 2. The van der Waals surface area contributed by atoms with E-state index in [4.69, 9.17) is 9.47 Å². The Morgan fingerprint density at radius 2 is 1.59 bits per heavy atom. The van der Waals surface area contributed by atoms with Crippen molar-refractivity contribution in [3.8, 4) is 0 Å². The Hall–Kier alpha value is -0.0800.